The van der Waals surface area contributed by atoms with Crippen LogP contribution in [0.1, 0.15) is 107 Å². The first kappa shape index (κ1) is 62.5. The average Bonchev–Trinajstić information content (AvgIpc) is 3.52. The van der Waals surface area contributed by atoms with Gasteiger partial charge in [-0.1, -0.05) is 53.2 Å². The van der Waals surface area contributed by atoms with Crippen molar-refractivity contribution < 1.29 is 143 Å². The third-order valence-corrected chi connectivity index (χ3v) is 21.3. The minimum atomic E-state index is -2.20. The summed E-state index contributed by atoms with van der Waals surface area (Å²) in [6, 6.07) is 0. The summed E-state index contributed by atoms with van der Waals surface area (Å²) in [4.78, 5) is 38.3. The summed E-state index contributed by atoms with van der Waals surface area (Å²) in [5.41, 5.74) is -2.45. The zero-order valence-corrected chi connectivity index (χ0v) is 48.4. The van der Waals surface area contributed by atoms with Crippen molar-refractivity contribution in [3.8, 4) is 0 Å². The van der Waals surface area contributed by atoms with Crippen LogP contribution in [0.5, 0.6) is 0 Å². The molecule has 3 unspecified atom stereocenters. The van der Waals surface area contributed by atoms with E-state index < -0.39 is 187 Å². The van der Waals surface area contributed by atoms with E-state index in [0.717, 1.165) is 0 Å². The Morgan fingerprint density at radius 1 is 0.769 bits per heavy atom. The Kier molecular flexibility index (Phi) is 18.0. The predicted molar refractivity (Wildman–Crippen MR) is 258 cm³/mol. The Labute approximate surface area is 476 Å². The van der Waals surface area contributed by atoms with Crippen LogP contribution in [0, 0.1) is 56.2 Å². The molecule has 10 N–H and O–H groups in total. The third kappa shape index (κ3) is 9.81. The van der Waals surface area contributed by atoms with Crippen molar-refractivity contribution in [2.45, 2.75) is 224 Å². The summed E-state index contributed by atoms with van der Waals surface area (Å²) in [6.07, 6.45) is -23.3. The van der Waals surface area contributed by atoms with Gasteiger partial charge in [0.25, 0.3) is 0 Å². The summed E-state index contributed by atoms with van der Waals surface area (Å²) in [6.45, 7) is 15.8. The molecule has 0 aromatic carbocycles. The van der Waals surface area contributed by atoms with Gasteiger partial charge < -0.3 is 104 Å². The number of fused-ring (bicyclic) bond motifs is 7. The van der Waals surface area contributed by atoms with Crippen LogP contribution in [-0.2, 0) is 57.0 Å². The zero-order chi connectivity index (χ0) is 56.4. The molecule has 0 aromatic heterocycles. The molecule has 9 rings (SSSR count). The van der Waals surface area contributed by atoms with Crippen molar-refractivity contribution >= 4 is 17.9 Å². The van der Waals surface area contributed by atoms with E-state index in [1.165, 1.54) is 12.5 Å². The van der Waals surface area contributed by atoms with Gasteiger partial charge in [-0.15, -0.1) is 0 Å². The van der Waals surface area contributed by atoms with Gasteiger partial charge in [0.15, 0.2) is 18.9 Å². The SMILES string of the molecule is CC(=O)OC(C)C(C)C(=O)OC[C@@]12C(O)[C@H]3O[C@@H]1C[C@]1(C)C(=CC[C@@H]4[C@@]5(C)CC[C@H](O[C@@H]6O[C@H](C(=O)[O-])[C@@H](O[C@@H]7O[C@H](CO)[C@@H](O)[C@H](O)[C@H]7O)[C@H](O)[C@H]6O[C@@H]6OC[C@@H](O)[C@H](O)[C@H]6O)[C@@](C)(CO)[C@@H]5CC[C@]41C)[C@@H]2CC3(C)C.[Na+]. The number of allylic oxidation sites excluding steroid dienone is 2. The van der Waals surface area contributed by atoms with E-state index in [0.29, 0.717) is 44.9 Å². The maximum atomic E-state index is 13.6. The van der Waals surface area contributed by atoms with Gasteiger partial charge in [-0.05, 0) is 98.2 Å². The molecule has 0 amide bonds. The Morgan fingerprint density at radius 2 is 1.44 bits per heavy atom. The molecule has 4 saturated heterocycles. The molecule has 0 radical (unpaired) electrons. The molecule has 4 saturated carbocycles. The van der Waals surface area contributed by atoms with E-state index >= 15 is 0 Å². The second kappa shape index (κ2) is 22.5. The molecule has 24 heteroatoms. The number of carbonyl (C=O) groups excluding carboxylic acids is 3. The summed E-state index contributed by atoms with van der Waals surface area (Å²) < 4.78 is 54.1. The second-order valence-electron chi connectivity index (χ2n) is 25.8. The topological polar surface area (TPSA) is 360 Å². The van der Waals surface area contributed by atoms with E-state index in [-0.39, 0.29) is 59.3 Å². The molecule has 28 atom stereocenters. The number of hydrogen-bond donors (Lipinski definition) is 10. The van der Waals surface area contributed by atoms with Crippen molar-refractivity contribution in [1.29, 1.82) is 0 Å². The van der Waals surface area contributed by atoms with Gasteiger partial charge >= 0.3 is 41.5 Å². The molecule has 2 bridgehead atoms. The van der Waals surface area contributed by atoms with E-state index in [4.69, 9.17) is 42.6 Å². The van der Waals surface area contributed by atoms with Gasteiger partial charge in [-0.3, -0.25) is 9.59 Å². The quantitative estimate of drug-likeness (QED) is 0.0337. The van der Waals surface area contributed by atoms with Crippen molar-refractivity contribution in [3.05, 3.63) is 11.6 Å². The van der Waals surface area contributed by atoms with Gasteiger partial charge in [0.05, 0.1) is 61.5 Å². The molecule has 5 aliphatic carbocycles. The van der Waals surface area contributed by atoms with E-state index in [1.54, 1.807) is 13.8 Å². The largest absolute Gasteiger partial charge is 1.00 e. The second-order valence-corrected chi connectivity index (χ2v) is 25.8. The first-order valence-electron chi connectivity index (χ1n) is 27.4. The number of carboxylic acid groups (broad SMARTS) is 1. The number of hydrogen-bond acceptors (Lipinski definition) is 23. The van der Waals surface area contributed by atoms with Gasteiger partial charge in [0.1, 0.15) is 79.9 Å². The standard InChI is InChI=1S/C54H84O23.Na/c1-22(23(2)71-24(3)57)45(68)70-21-54-26-16-49(4,5)43(42(54)65)73-32(54)17-53(9)25(26)10-11-30-50(6)14-13-31(51(7,20-56)29(50)12-15-52(30,53)8)74-48-40(76-46-36(62)33(59)27(58)19-69-46)38(64)39(41(77-48)44(66)67)75-47-37(63)35(61)34(60)28(18-55)72-47;/h10,22-23,26-43,46-48,55-56,58-65H,11-21H2,1-9H3,(H,66,67);/q;+1/p-1/t22?,23?,26-,27+,28+,29+,30+,31-,32+,33-,34+,35-,36+,37+,38-,39-,40+,41-,42?,43+,46-,47-,48+,50-,51-,52+,53+,54-;/m0./s1. The number of carboxylic acids is 1. The molecule has 4 heterocycles. The molecule has 4 aliphatic heterocycles. The molecular weight excluding hydrogens is 1040 g/mol. The maximum absolute atomic E-state index is 13.6. The van der Waals surface area contributed by atoms with E-state index in [9.17, 15) is 70.6 Å². The summed E-state index contributed by atoms with van der Waals surface area (Å²) >= 11 is 0. The maximum Gasteiger partial charge on any atom is 1.00 e. The van der Waals surface area contributed by atoms with Crippen molar-refractivity contribution in [1.82, 2.24) is 0 Å². The fourth-order valence-corrected chi connectivity index (χ4v) is 16.5. The van der Waals surface area contributed by atoms with Crippen LogP contribution >= 0.6 is 0 Å². The first-order valence-corrected chi connectivity index (χ1v) is 27.4. The Balaban J connectivity index is 0.00000803. The number of aliphatic hydroxyl groups excluding tert-OH is 10. The minimum Gasteiger partial charge on any atom is -0.547 e. The van der Waals surface area contributed by atoms with Crippen LogP contribution in [0.25, 0.3) is 0 Å². The van der Waals surface area contributed by atoms with Crippen molar-refractivity contribution in [2.75, 3.05) is 26.4 Å². The fourth-order valence-electron chi connectivity index (χ4n) is 16.5. The Hall–Kier alpha value is -1.53. The summed E-state index contributed by atoms with van der Waals surface area (Å²) in [5.74, 6) is -4.10. The minimum absolute atomic E-state index is 0. The molecular formula is C54H83NaO23. The van der Waals surface area contributed by atoms with Crippen LogP contribution in [0.15, 0.2) is 11.6 Å². The molecule has 438 valence electrons. The molecule has 23 nitrogen and oxygen atoms in total. The zero-order valence-electron chi connectivity index (χ0n) is 46.4. The first-order chi connectivity index (χ1) is 36.0. The van der Waals surface area contributed by atoms with Gasteiger partial charge in [0, 0.05) is 12.3 Å². The van der Waals surface area contributed by atoms with Crippen molar-refractivity contribution in [3.63, 3.8) is 0 Å². The predicted octanol–water partition coefficient (Wildman–Crippen LogP) is -4.92. The van der Waals surface area contributed by atoms with Gasteiger partial charge in [-0.25, -0.2) is 0 Å². The van der Waals surface area contributed by atoms with E-state index in [1.807, 2.05) is 6.92 Å². The monoisotopic (exact) mass is 1120 g/mol. The number of carbonyl (C=O) groups is 3. The molecule has 8 fully saturated rings. The Bertz CT molecular complexity index is 2240. The number of esters is 2. The summed E-state index contributed by atoms with van der Waals surface area (Å²) in [7, 11) is 0. The Morgan fingerprint density at radius 3 is 2.08 bits per heavy atom. The summed E-state index contributed by atoms with van der Waals surface area (Å²) in [5, 5.41) is 123. The third-order valence-electron chi connectivity index (χ3n) is 21.3. The van der Waals surface area contributed by atoms with Gasteiger partial charge in [-0.2, -0.15) is 0 Å². The average molecular weight is 1120 g/mol. The number of ether oxygens (including phenoxy) is 9. The molecule has 78 heavy (non-hydrogen) atoms. The molecule has 0 aromatic rings. The van der Waals surface area contributed by atoms with Crippen LogP contribution < -0.4 is 34.7 Å². The fraction of sp³-hybridized carbons (Fsp3) is 0.907. The van der Waals surface area contributed by atoms with Crippen molar-refractivity contribution in [2.24, 2.45) is 56.2 Å². The smallest absolute Gasteiger partial charge is 0.547 e. The van der Waals surface area contributed by atoms with Crippen LogP contribution in [0.4, 0.5) is 0 Å². The number of rotatable bonds is 14. The number of aliphatic carboxylic acids is 1. The molecule has 9 aliphatic rings. The van der Waals surface area contributed by atoms with Crippen LogP contribution in [-0.4, -0.2) is 212 Å². The van der Waals surface area contributed by atoms with Gasteiger partial charge in [0.2, 0.25) is 0 Å². The van der Waals surface area contributed by atoms with Crippen LogP contribution in [0.2, 0.25) is 0 Å². The van der Waals surface area contributed by atoms with Crippen LogP contribution in [0.3, 0.4) is 0 Å². The molecule has 0 spiro atoms. The normalized spacial score (nSPS) is 51.0. The van der Waals surface area contributed by atoms with E-state index in [2.05, 4.69) is 40.7 Å². The number of aliphatic hydroxyl groups is 10.